The molecule has 1 fully saturated rings. The molecule has 2 aromatic carbocycles. The number of carbonyl (C=O) groups is 1. The monoisotopic (exact) mass is 410 g/mol. The van der Waals surface area contributed by atoms with Gasteiger partial charge in [-0.05, 0) is 42.5 Å². The third kappa shape index (κ3) is 4.22. The summed E-state index contributed by atoms with van der Waals surface area (Å²) in [7, 11) is -2.96. The molecule has 4 rings (SSSR count). The van der Waals surface area contributed by atoms with Crippen LogP contribution in [-0.4, -0.2) is 47.4 Å². The molecule has 1 atom stereocenters. The van der Waals surface area contributed by atoms with Gasteiger partial charge < -0.3 is 5.32 Å². The Kier molecular flexibility index (Phi) is 5.19. The van der Waals surface area contributed by atoms with Gasteiger partial charge in [-0.3, -0.25) is 4.79 Å². The number of benzene rings is 2. The molecule has 0 radical (unpaired) electrons. The van der Waals surface area contributed by atoms with Gasteiger partial charge in [0.1, 0.15) is 0 Å². The molecule has 2 heterocycles. The molecule has 0 bridgehead atoms. The summed E-state index contributed by atoms with van der Waals surface area (Å²) in [5.41, 5.74) is 3.92. The maximum Gasteiger partial charge on any atom is 0.273 e. The predicted octanol–water partition coefficient (Wildman–Crippen LogP) is 2.41. The molecular weight excluding hydrogens is 388 g/mol. The highest BCUT2D eigenvalue weighted by Gasteiger charge is 2.28. The number of hydrogen-bond donors (Lipinski definition) is 1. The van der Waals surface area contributed by atoms with Gasteiger partial charge in [-0.25, -0.2) is 13.1 Å². The van der Waals surface area contributed by atoms with E-state index in [0.29, 0.717) is 18.7 Å². The number of carbonyl (C=O) groups excluding carboxylic acids is 1. The maximum atomic E-state index is 12.5. The average molecular weight is 410 g/mol. The van der Waals surface area contributed by atoms with Crippen molar-refractivity contribution >= 4 is 15.7 Å². The third-order valence-corrected chi connectivity index (χ3v) is 7.04. The minimum absolute atomic E-state index is 0.0372. The number of amides is 1. The summed E-state index contributed by atoms with van der Waals surface area (Å²) >= 11 is 0. The fourth-order valence-electron chi connectivity index (χ4n) is 3.56. The minimum atomic E-state index is -2.96. The van der Waals surface area contributed by atoms with Crippen LogP contribution in [0.1, 0.15) is 22.6 Å². The van der Waals surface area contributed by atoms with Gasteiger partial charge in [-0.2, -0.15) is 0 Å². The Bertz CT molecular complexity index is 1120. The summed E-state index contributed by atoms with van der Waals surface area (Å²) in [6.07, 6.45) is 0.585. The molecule has 3 aromatic rings. The zero-order valence-corrected chi connectivity index (χ0v) is 16.9. The van der Waals surface area contributed by atoms with Gasteiger partial charge in [0.15, 0.2) is 15.5 Å². The second-order valence-electron chi connectivity index (χ2n) is 7.33. The van der Waals surface area contributed by atoms with E-state index in [2.05, 4.69) is 15.6 Å². The molecule has 0 aliphatic carbocycles. The van der Waals surface area contributed by atoms with Crippen LogP contribution in [0.15, 0.2) is 54.6 Å². The SMILES string of the molecule is Cc1c(C(=O)NCC2CCS(=O)(=O)C2)nnn1-c1ccc(-c2ccccc2)cc1. The van der Waals surface area contributed by atoms with Crippen LogP contribution in [0.4, 0.5) is 0 Å². The van der Waals surface area contributed by atoms with Crippen LogP contribution in [0.5, 0.6) is 0 Å². The first-order valence-corrected chi connectivity index (χ1v) is 11.3. The summed E-state index contributed by atoms with van der Waals surface area (Å²) in [4.78, 5) is 12.5. The Balaban J connectivity index is 1.46. The van der Waals surface area contributed by atoms with Crippen LogP contribution >= 0.6 is 0 Å². The average Bonchev–Trinajstić information content (AvgIpc) is 3.28. The van der Waals surface area contributed by atoms with Gasteiger partial charge in [-0.15, -0.1) is 5.10 Å². The van der Waals surface area contributed by atoms with E-state index in [0.717, 1.165) is 16.8 Å². The van der Waals surface area contributed by atoms with Gasteiger partial charge >= 0.3 is 0 Å². The van der Waals surface area contributed by atoms with E-state index >= 15 is 0 Å². The Morgan fingerprint density at radius 1 is 1.10 bits per heavy atom. The molecule has 0 spiro atoms. The Labute approximate surface area is 169 Å². The van der Waals surface area contributed by atoms with Crippen LogP contribution in [0.25, 0.3) is 16.8 Å². The molecule has 1 aliphatic rings. The Hall–Kier alpha value is -3.00. The molecule has 1 aromatic heterocycles. The number of rotatable bonds is 5. The third-order valence-electron chi connectivity index (χ3n) is 5.21. The minimum Gasteiger partial charge on any atom is -0.350 e. The normalized spacial score (nSPS) is 17.9. The van der Waals surface area contributed by atoms with Crippen molar-refractivity contribution in [3.63, 3.8) is 0 Å². The van der Waals surface area contributed by atoms with E-state index in [1.54, 1.807) is 11.6 Å². The molecule has 0 saturated carbocycles. The lowest BCUT2D eigenvalue weighted by molar-refractivity contribution is 0.0942. The van der Waals surface area contributed by atoms with Crippen LogP contribution < -0.4 is 5.32 Å². The van der Waals surface area contributed by atoms with Crippen molar-refractivity contribution in [1.82, 2.24) is 20.3 Å². The lowest BCUT2D eigenvalue weighted by atomic mass is 10.1. The second kappa shape index (κ2) is 7.79. The van der Waals surface area contributed by atoms with Crippen LogP contribution in [0.2, 0.25) is 0 Å². The first-order valence-electron chi connectivity index (χ1n) is 9.50. The molecule has 1 saturated heterocycles. The highest BCUT2D eigenvalue weighted by molar-refractivity contribution is 7.91. The van der Waals surface area contributed by atoms with Crippen molar-refractivity contribution < 1.29 is 13.2 Å². The van der Waals surface area contributed by atoms with Crippen LogP contribution in [-0.2, 0) is 9.84 Å². The van der Waals surface area contributed by atoms with Crippen molar-refractivity contribution in [2.24, 2.45) is 5.92 Å². The van der Waals surface area contributed by atoms with Crippen LogP contribution in [0.3, 0.4) is 0 Å². The first kappa shape index (κ1) is 19.3. The van der Waals surface area contributed by atoms with E-state index in [9.17, 15) is 13.2 Å². The smallest absolute Gasteiger partial charge is 0.273 e. The molecule has 150 valence electrons. The molecule has 1 unspecified atom stereocenters. The molecule has 8 heteroatoms. The molecule has 1 aliphatic heterocycles. The molecule has 1 N–H and O–H groups in total. The van der Waals surface area contributed by atoms with E-state index in [4.69, 9.17) is 0 Å². The summed E-state index contributed by atoms with van der Waals surface area (Å²) in [6, 6.07) is 18.0. The lowest BCUT2D eigenvalue weighted by Gasteiger charge is -2.09. The fraction of sp³-hybridized carbons (Fsp3) is 0.286. The summed E-state index contributed by atoms with van der Waals surface area (Å²) in [6.45, 7) is 2.12. The standard InChI is InChI=1S/C21H22N4O3S/c1-15-20(21(26)22-13-16-11-12-29(27,28)14-16)23-24-25(15)19-9-7-18(8-10-19)17-5-3-2-4-6-17/h2-10,16H,11-14H2,1H3,(H,22,26). The van der Waals surface area contributed by atoms with Gasteiger partial charge in [0.2, 0.25) is 0 Å². The van der Waals surface area contributed by atoms with E-state index < -0.39 is 9.84 Å². The summed E-state index contributed by atoms with van der Waals surface area (Å²) < 4.78 is 24.7. The zero-order chi connectivity index (χ0) is 20.4. The number of nitrogens with zero attached hydrogens (tertiary/aromatic N) is 3. The Morgan fingerprint density at radius 2 is 1.79 bits per heavy atom. The molecular formula is C21H22N4O3S. The summed E-state index contributed by atoms with van der Waals surface area (Å²) in [5.74, 6) is -0.0437. The molecule has 7 nitrogen and oxygen atoms in total. The van der Waals surface area contributed by atoms with Gasteiger partial charge in [0.05, 0.1) is 22.9 Å². The highest BCUT2D eigenvalue weighted by atomic mass is 32.2. The maximum absolute atomic E-state index is 12.5. The van der Waals surface area contributed by atoms with Crippen molar-refractivity contribution in [1.29, 1.82) is 0 Å². The number of sulfone groups is 1. The molecule has 29 heavy (non-hydrogen) atoms. The fourth-order valence-corrected chi connectivity index (χ4v) is 5.43. The summed E-state index contributed by atoms with van der Waals surface area (Å²) in [5, 5.41) is 10.9. The largest absolute Gasteiger partial charge is 0.350 e. The quantitative estimate of drug-likeness (QED) is 0.697. The molecule has 1 amide bonds. The lowest BCUT2D eigenvalue weighted by Crippen LogP contribution is -2.30. The number of nitrogens with one attached hydrogen (secondary N) is 1. The predicted molar refractivity (Wildman–Crippen MR) is 111 cm³/mol. The first-order chi connectivity index (χ1) is 13.9. The van der Waals surface area contributed by atoms with E-state index in [1.165, 1.54) is 0 Å². The van der Waals surface area contributed by atoms with Crippen molar-refractivity contribution in [2.75, 3.05) is 18.1 Å². The van der Waals surface area contributed by atoms with Gasteiger partial charge in [-0.1, -0.05) is 47.7 Å². The Morgan fingerprint density at radius 3 is 2.45 bits per heavy atom. The second-order valence-corrected chi connectivity index (χ2v) is 9.56. The number of aromatic nitrogens is 3. The van der Waals surface area contributed by atoms with Gasteiger partial charge in [0.25, 0.3) is 5.91 Å². The van der Waals surface area contributed by atoms with Crippen molar-refractivity contribution in [2.45, 2.75) is 13.3 Å². The topological polar surface area (TPSA) is 93.9 Å². The highest BCUT2D eigenvalue weighted by Crippen LogP contribution is 2.21. The van der Waals surface area contributed by atoms with E-state index in [1.807, 2.05) is 54.6 Å². The van der Waals surface area contributed by atoms with E-state index in [-0.39, 0.29) is 29.0 Å². The van der Waals surface area contributed by atoms with Crippen molar-refractivity contribution in [3.8, 4) is 16.8 Å². The van der Waals surface area contributed by atoms with Crippen LogP contribution in [0, 0.1) is 12.8 Å². The zero-order valence-electron chi connectivity index (χ0n) is 16.1. The van der Waals surface area contributed by atoms with Crippen molar-refractivity contribution in [3.05, 3.63) is 66.0 Å². The number of hydrogen-bond acceptors (Lipinski definition) is 5. The van der Waals surface area contributed by atoms with Gasteiger partial charge in [0, 0.05) is 6.54 Å².